The lowest BCUT2D eigenvalue weighted by atomic mass is 9.95. The predicted octanol–water partition coefficient (Wildman–Crippen LogP) is 3.81. The van der Waals surface area contributed by atoms with E-state index in [-0.39, 0.29) is 0 Å². The van der Waals surface area contributed by atoms with E-state index >= 15 is 0 Å². The molecule has 112 valence electrons. The second-order valence-electron chi connectivity index (χ2n) is 6.86. The monoisotopic (exact) mass is 266 g/mol. The SMILES string of the molecule is CCCN1CCCC(NC2CCCCCC2C)CC1. The summed E-state index contributed by atoms with van der Waals surface area (Å²) in [5.41, 5.74) is 0. The van der Waals surface area contributed by atoms with Crippen molar-refractivity contribution >= 4 is 0 Å². The zero-order valence-corrected chi connectivity index (χ0v) is 13.2. The molecular formula is C17H34N2. The maximum Gasteiger partial charge on any atom is 0.00952 e. The highest BCUT2D eigenvalue weighted by Gasteiger charge is 2.24. The fourth-order valence-electron chi connectivity index (χ4n) is 3.91. The highest BCUT2D eigenvalue weighted by Crippen LogP contribution is 2.24. The number of hydrogen-bond acceptors (Lipinski definition) is 2. The van der Waals surface area contributed by atoms with Crippen molar-refractivity contribution in [1.29, 1.82) is 0 Å². The minimum absolute atomic E-state index is 0.785. The first-order valence-electron chi connectivity index (χ1n) is 8.78. The van der Waals surface area contributed by atoms with E-state index in [0.717, 1.165) is 18.0 Å². The van der Waals surface area contributed by atoms with Crippen LogP contribution in [0, 0.1) is 5.92 Å². The quantitative estimate of drug-likeness (QED) is 0.778. The molecule has 2 aliphatic rings. The van der Waals surface area contributed by atoms with Gasteiger partial charge in [-0.2, -0.15) is 0 Å². The smallest absolute Gasteiger partial charge is 0.00952 e. The number of nitrogens with one attached hydrogen (secondary N) is 1. The summed E-state index contributed by atoms with van der Waals surface area (Å²) >= 11 is 0. The van der Waals surface area contributed by atoms with Crippen LogP contribution < -0.4 is 5.32 Å². The zero-order chi connectivity index (χ0) is 13.5. The summed E-state index contributed by atoms with van der Waals surface area (Å²) in [5.74, 6) is 0.887. The molecule has 1 saturated heterocycles. The normalized spacial score (nSPS) is 34.7. The Morgan fingerprint density at radius 2 is 1.79 bits per heavy atom. The van der Waals surface area contributed by atoms with Gasteiger partial charge >= 0.3 is 0 Å². The molecule has 2 fully saturated rings. The van der Waals surface area contributed by atoms with E-state index in [1.54, 1.807) is 0 Å². The molecule has 1 N–H and O–H groups in total. The van der Waals surface area contributed by atoms with Crippen molar-refractivity contribution in [3.05, 3.63) is 0 Å². The molecule has 0 radical (unpaired) electrons. The van der Waals surface area contributed by atoms with Gasteiger partial charge in [0.1, 0.15) is 0 Å². The first kappa shape index (κ1) is 15.3. The highest BCUT2D eigenvalue weighted by molar-refractivity contribution is 4.83. The van der Waals surface area contributed by atoms with Crippen LogP contribution in [0.5, 0.6) is 0 Å². The van der Waals surface area contributed by atoms with Gasteiger partial charge < -0.3 is 10.2 Å². The van der Waals surface area contributed by atoms with E-state index in [2.05, 4.69) is 24.1 Å². The lowest BCUT2D eigenvalue weighted by Crippen LogP contribution is -2.42. The number of nitrogens with zero attached hydrogens (tertiary/aromatic N) is 1. The van der Waals surface area contributed by atoms with Gasteiger partial charge in [-0.3, -0.25) is 0 Å². The van der Waals surface area contributed by atoms with E-state index in [0.29, 0.717) is 0 Å². The molecule has 0 aromatic rings. The summed E-state index contributed by atoms with van der Waals surface area (Å²) in [4.78, 5) is 2.66. The Bertz CT molecular complexity index is 241. The van der Waals surface area contributed by atoms with Gasteiger partial charge in [0, 0.05) is 12.1 Å². The molecule has 3 unspecified atom stereocenters. The first-order valence-corrected chi connectivity index (χ1v) is 8.78. The van der Waals surface area contributed by atoms with Crippen LogP contribution in [-0.4, -0.2) is 36.6 Å². The van der Waals surface area contributed by atoms with Gasteiger partial charge in [-0.1, -0.05) is 33.1 Å². The van der Waals surface area contributed by atoms with Gasteiger partial charge in [0.15, 0.2) is 0 Å². The molecular weight excluding hydrogens is 232 g/mol. The van der Waals surface area contributed by atoms with Crippen molar-refractivity contribution in [3.8, 4) is 0 Å². The fourth-order valence-corrected chi connectivity index (χ4v) is 3.91. The van der Waals surface area contributed by atoms with Crippen LogP contribution in [-0.2, 0) is 0 Å². The third kappa shape index (κ3) is 5.07. The molecule has 1 saturated carbocycles. The summed E-state index contributed by atoms with van der Waals surface area (Å²) in [7, 11) is 0. The number of hydrogen-bond donors (Lipinski definition) is 1. The number of rotatable bonds is 4. The van der Waals surface area contributed by atoms with Crippen LogP contribution >= 0.6 is 0 Å². The van der Waals surface area contributed by atoms with E-state index in [4.69, 9.17) is 0 Å². The Balaban J connectivity index is 1.78. The van der Waals surface area contributed by atoms with Crippen LogP contribution in [0.4, 0.5) is 0 Å². The minimum Gasteiger partial charge on any atom is -0.311 e. The second kappa shape index (κ2) is 8.26. The Morgan fingerprint density at radius 3 is 2.63 bits per heavy atom. The third-order valence-electron chi connectivity index (χ3n) is 5.17. The zero-order valence-electron chi connectivity index (χ0n) is 13.2. The van der Waals surface area contributed by atoms with Crippen molar-refractivity contribution in [2.45, 2.75) is 83.7 Å². The summed E-state index contributed by atoms with van der Waals surface area (Å²) in [6.45, 7) is 8.70. The fraction of sp³-hybridized carbons (Fsp3) is 1.00. The molecule has 0 aromatic heterocycles. The third-order valence-corrected chi connectivity index (χ3v) is 5.17. The molecule has 19 heavy (non-hydrogen) atoms. The van der Waals surface area contributed by atoms with Gasteiger partial charge in [0.25, 0.3) is 0 Å². The average Bonchev–Trinajstić information content (AvgIpc) is 2.73. The van der Waals surface area contributed by atoms with Gasteiger partial charge in [-0.25, -0.2) is 0 Å². The van der Waals surface area contributed by atoms with Gasteiger partial charge in [0.05, 0.1) is 0 Å². The number of likely N-dealkylation sites (tertiary alicyclic amines) is 1. The predicted molar refractivity (Wildman–Crippen MR) is 83.5 cm³/mol. The Kier molecular flexibility index (Phi) is 6.66. The molecule has 1 aliphatic heterocycles. The maximum absolute atomic E-state index is 4.02. The molecule has 2 rings (SSSR count). The molecule has 0 bridgehead atoms. The van der Waals surface area contributed by atoms with E-state index in [1.807, 2.05) is 0 Å². The van der Waals surface area contributed by atoms with Crippen molar-refractivity contribution in [3.63, 3.8) is 0 Å². The molecule has 1 heterocycles. The molecule has 0 aromatic carbocycles. The lowest BCUT2D eigenvalue weighted by Gasteiger charge is -2.28. The highest BCUT2D eigenvalue weighted by atomic mass is 15.1. The second-order valence-corrected chi connectivity index (χ2v) is 6.86. The first-order chi connectivity index (χ1) is 9.29. The van der Waals surface area contributed by atoms with E-state index in [1.165, 1.54) is 77.4 Å². The van der Waals surface area contributed by atoms with Crippen LogP contribution in [0.3, 0.4) is 0 Å². The topological polar surface area (TPSA) is 15.3 Å². The maximum atomic E-state index is 4.02. The van der Waals surface area contributed by atoms with Crippen molar-refractivity contribution in [2.75, 3.05) is 19.6 Å². The van der Waals surface area contributed by atoms with Crippen molar-refractivity contribution in [1.82, 2.24) is 10.2 Å². The van der Waals surface area contributed by atoms with Crippen LogP contribution in [0.25, 0.3) is 0 Å². The van der Waals surface area contributed by atoms with E-state index in [9.17, 15) is 0 Å². The van der Waals surface area contributed by atoms with Crippen molar-refractivity contribution < 1.29 is 0 Å². The Hall–Kier alpha value is -0.0800. The van der Waals surface area contributed by atoms with Crippen LogP contribution in [0.15, 0.2) is 0 Å². The van der Waals surface area contributed by atoms with Gasteiger partial charge in [-0.05, 0) is 64.1 Å². The average molecular weight is 266 g/mol. The molecule has 2 heteroatoms. The van der Waals surface area contributed by atoms with E-state index < -0.39 is 0 Å². The summed E-state index contributed by atoms with van der Waals surface area (Å²) in [6.07, 6.45) is 12.6. The minimum atomic E-state index is 0.785. The van der Waals surface area contributed by atoms with Crippen LogP contribution in [0.1, 0.15) is 71.6 Å². The summed E-state index contributed by atoms with van der Waals surface area (Å²) in [5, 5.41) is 4.02. The van der Waals surface area contributed by atoms with Crippen LogP contribution in [0.2, 0.25) is 0 Å². The summed E-state index contributed by atoms with van der Waals surface area (Å²) in [6, 6.07) is 1.58. The Morgan fingerprint density at radius 1 is 0.947 bits per heavy atom. The Labute approximate surface area is 120 Å². The lowest BCUT2D eigenvalue weighted by molar-refractivity contribution is 0.273. The molecule has 3 atom stereocenters. The molecule has 2 nitrogen and oxygen atoms in total. The largest absolute Gasteiger partial charge is 0.311 e. The standard InChI is InChI=1S/C17H34N2/c1-3-12-19-13-7-9-16(11-14-19)18-17-10-6-4-5-8-15(17)2/h15-18H,3-14H2,1-2H3. The molecule has 0 amide bonds. The van der Waals surface area contributed by atoms with Crippen molar-refractivity contribution in [2.24, 2.45) is 5.92 Å². The van der Waals surface area contributed by atoms with Gasteiger partial charge in [-0.15, -0.1) is 0 Å². The molecule has 1 aliphatic carbocycles. The summed E-state index contributed by atoms with van der Waals surface area (Å²) < 4.78 is 0. The molecule has 0 spiro atoms. The van der Waals surface area contributed by atoms with Gasteiger partial charge in [0.2, 0.25) is 0 Å².